The number of aromatic nitrogens is 2. The lowest BCUT2D eigenvalue weighted by atomic mass is 9.86. The Bertz CT molecular complexity index is 2970. The maximum absolute atomic E-state index is 5.38. The third-order valence-electron chi connectivity index (χ3n) is 13.0. The van der Waals surface area contributed by atoms with Gasteiger partial charge < -0.3 is 0 Å². The average molecular weight is 897 g/mol. The van der Waals surface area contributed by atoms with Gasteiger partial charge >= 0.3 is 0 Å². The zero-order chi connectivity index (χ0) is 45.2. The van der Waals surface area contributed by atoms with Gasteiger partial charge in [0.05, 0.1) is 55.3 Å². The lowest BCUT2D eigenvalue weighted by Crippen LogP contribution is -2.20. The molecule has 0 saturated carbocycles. The van der Waals surface area contributed by atoms with Crippen molar-refractivity contribution >= 4 is 65.9 Å². The van der Waals surface area contributed by atoms with E-state index in [0.717, 1.165) is 78.9 Å². The van der Waals surface area contributed by atoms with Crippen molar-refractivity contribution in [3.8, 4) is 21.1 Å². The summed E-state index contributed by atoms with van der Waals surface area (Å²) in [5, 5.41) is 17.3. The molecule has 0 aliphatic carbocycles. The van der Waals surface area contributed by atoms with Gasteiger partial charge in [-0.2, -0.15) is 10.2 Å². The van der Waals surface area contributed by atoms with Crippen molar-refractivity contribution in [2.45, 2.75) is 77.3 Å². The number of nitrogens with zero attached hydrogens (tertiary/aromatic N) is 6. The van der Waals surface area contributed by atoms with E-state index in [1.165, 1.54) is 31.7 Å². The summed E-state index contributed by atoms with van der Waals surface area (Å²) in [6.45, 7) is 13.6. The Morgan fingerprint density at radius 1 is 0.409 bits per heavy atom. The summed E-state index contributed by atoms with van der Waals surface area (Å²) in [7, 11) is 0. The third-order valence-corrected chi connectivity index (χ3v) is 15.2. The van der Waals surface area contributed by atoms with Crippen LogP contribution in [0.3, 0.4) is 0 Å². The van der Waals surface area contributed by atoms with Crippen LogP contribution >= 0.6 is 22.7 Å². The second-order valence-electron chi connectivity index (χ2n) is 19.6. The lowest BCUT2D eigenvalue weighted by molar-refractivity contribution is 0.590. The summed E-state index contributed by atoms with van der Waals surface area (Å²) in [5.41, 5.74) is 16.2. The molecule has 0 N–H and O–H groups in total. The van der Waals surface area contributed by atoms with Gasteiger partial charge in [0.15, 0.2) is 0 Å². The van der Waals surface area contributed by atoms with Crippen LogP contribution in [-0.4, -0.2) is 21.4 Å². The van der Waals surface area contributed by atoms with Crippen molar-refractivity contribution in [1.82, 2.24) is 9.97 Å². The van der Waals surface area contributed by atoms with E-state index < -0.39 is 0 Å². The molecule has 0 fully saturated rings. The first-order valence-corrected chi connectivity index (χ1v) is 24.5. The first-order chi connectivity index (χ1) is 31.9. The quantitative estimate of drug-likeness (QED) is 0.152. The van der Waals surface area contributed by atoms with Crippen LogP contribution in [0.25, 0.3) is 41.6 Å². The Kier molecular flexibility index (Phi) is 10.5. The summed E-state index contributed by atoms with van der Waals surface area (Å²) in [4.78, 5) is 9.87. The summed E-state index contributed by atoms with van der Waals surface area (Å²) in [6.07, 6.45) is 1.59. The second kappa shape index (κ2) is 16.6. The molecule has 2 unspecified atom stereocenters. The average Bonchev–Trinajstić information content (AvgIpc) is 4.16. The fourth-order valence-corrected chi connectivity index (χ4v) is 11.1. The molecule has 0 radical (unpaired) electrons. The highest BCUT2D eigenvalue weighted by Gasteiger charge is 2.33. The van der Waals surface area contributed by atoms with Gasteiger partial charge in [-0.15, -0.1) is 22.7 Å². The van der Waals surface area contributed by atoms with E-state index in [2.05, 4.69) is 209 Å². The highest BCUT2D eigenvalue weighted by Crippen LogP contribution is 2.42. The first-order valence-electron chi connectivity index (χ1n) is 22.9. The van der Waals surface area contributed by atoms with Gasteiger partial charge in [-0.1, -0.05) is 139 Å². The zero-order valence-corrected chi connectivity index (χ0v) is 39.9. The fraction of sp³-hybridized carbons (Fsp3) is 0.207. The number of hydrazone groups is 2. The van der Waals surface area contributed by atoms with Crippen molar-refractivity contribution in [3.63, 3.8) is 0 Å². The summed E-state index contributed by atoms with van der Waals surface area (Å²) < 4.78 is 2.39. The van der Waals surface area contributed by atoms with Gasteiger partial charge in [-0.25, -0.2) is 9.97 Å². The maximum Gasteiger partial charge on any atom is 0.124 e. The smallest absolute Gasteiger partial charge is 0.124 e. The standard InChI is InChI=1S/C58H52N6S2/c1-57(2,3)43-27-19-37(20-28-43)49-35-51(63(61-49)45-31-23-41(24-32-45)55-59-47-11-7-9-13-53(47)65-55)39-15-17-40(18-16-39)52-36-50(38-21-29-44(30-22-38)58(4,5)6)62-64(52)46-33-25-42(26-34-46)56-60-48-12-8-10-14-54(48)66-56/h7-34,51-52H,35-36H2,1-6H3. The van der Waals surface area contributed by atoms with Gasteiger partial charge in [-0.05, 0) is 117 Å². The van der Waals surface area contributed by atoms with Crippen molar-refractivity contribution in [1.29, 1.82) is 0 Å². The molecule has 4 heterocycles. The van der Waals surface area contributed by atoms with E-state index in [9.17, 15) is 0 Å². The highest BCUT2D eigenvalue weighted by molar-refractivity contribution is 7.22. The van der Waals surface area contributed by atoms with E-state index in [4.69, 9.17) is 20.2 Å². The molecular formula is C58H52N6S2. The van der Waals surface area contributed by atoms with Crippen molar-refractivity contribution < 1.29 is 0 Å². The third kappa shape index (κ3) is 8.14. The molecule has 9 aromatic rings. The van der Waals surface area contributed by atoms with Gasteiger partial charge in [0.1, 0.15) is 10.0 Å². The Labute approximate surface area is 395 Å². The second-order valence-corrected chi connectivity index (χ2v) is 21.7. The summed E-state index contributed by atoms with van der Waals surface area (Å²) >= 11 is 3.46. The van der Waals surface area contributed by atoms with Crippen molar-refractivity contribution in [2.24, 2.45) is 10.2 Å². The molecule has 11 rings (SSSR count). The van der Waals surface area contributed by atoms with Crippen LogP contribution in [0.5, 0.6) is 0 Å². The van der Waals surface area contributed by atoms with Crippen LogP contribution in [0.15, 0.2) is 180 Å². The lowest BCUT2D eigenvalue weighted by Gasteiger charge is -2.26. The predicted molar refractivity (Wildman–Crippen MR) is 280 cm³/mol. The SMILES string of the molecule is CC(C)(C)c1ccc(C2=NN(c3ccc(-c4nc5ccccc5s4)cc3)C(c3ccc(C4CC(c5ccc(C(C)(C)C)cc5)=NN4c4ccc(-c5nc6ccccc6s5)cc4)cc3)C2)cc1. The minimum absolute atomic E-state index is 0.0209. The Morgan fingerprint density at radius 3 is 1.11 bits per heavy atom. The van der Waals surface area contributed by atoms with Crippen LogP contribution in [0, 0.1) is 0 Å². The van der Waals surface area contributed by atoms with Gasteiger partial charge in [0.2, 0.25) is 0 Å². The van der Waals surface area contributed by atoms with Gasteiger partial charge in [0.25, 0.3) is 0 Å². The number of benzene rings is 7. The van der Waals surface area contributed by atoms with Crippen LogP contribution in [0.2, 0.25) is 0 Å². The first kappa shape index (κ1) is 41.9. The highest BCUT2D eigenvalue weighted by atomic mass is 32.1. The van der Waals surface area contributed by atoms with Crippen LogP contribution in [0.4, 0.5) is 11.4 Å². The summed E-state index contributed by atoms with van der Waals surface area (Å²) in [6, 6.07) is 61.5. The van der Waals surface area contributed by atoms with E-state index in [1.54, 1.807) is 22.7 Å². The molecule has 2 aromatic heterocycles. The molecule has 7 aromatic carbocycles. The molecule has 2 aliphatic heterocycles. The van der Waals surface area contributed by atoms with Gasteiger partial charge in [0, 0.05) is 24.0 Å². The van der Waals surface area contributed by atoms with E-state index >= 15 is 0 Å². The molecule has 0 amide bonds. The monoisotopic (exact) mass is 896 g/mol. The minimum atomic E-state index is 0.0209. The molecule has 326 valence electrons. The summed E-state index contributed by atoms with van der Waals surface area (Å²) in [5.74, 6) is 0. The number of hydrogen-bond donors (Lipinski definition) is 0. The number of rotatable bonds is 8. The van der Waals surface area contributed by atoms with Crippen molar-refractivity contribution in [2.75, 3.05) is 10.0 Å². The molecule has 2 atom stereocenters. The molecule has 2 aliphatic rings. The van der Waals surface area contributed by atoms with E-state index in [1.807, 2.05) is 12.1 Å². The number of anilines is 2. The number of thiazole rings is 2. The number of fused-ring (bicyclic) bond motifs is 2. The topological polar surface area (TPSA) is 57.0 Å². The Balaban J connectivity index is 0.912. The van der Waals surface area contributed by atoms with E-state index in [-0.39, 0.29) is 22.9 Å². The molecule has 6 nitrogen and oxygen atoms in total. The Morgan fingerprint density at radius 2 is 0.758 bits per heavy atom. The Hall–Kier alpha value is -6.74. The van der Waals surface area contributed by atoms with E-state index in [0.29, 0.717) is 0 Å². The zero-order valence-electron chi connectivity index (χ0n) is 38.2. The minimum Gasteiger partial charge on any atom is -0.257 e. The maximum atomic E-state index is 5.38. The molecule has 0 bridgehead atoms. The molecule has 0 spiro atoms. The molecule has 8 heteroatoms. The van der Waals surface area contributed by atoms with Crippen molar-refractivity contribution in [3.05, 3.63) is 203 Å². The molecule has 66 heavy (non-hydrogen) atoms. The van der Waals surface area contributed by atoms with Crippen LogP contribution in [-0.2, 0) is 10.8 Å². The number of hydrogen-bond acceptors (Lipinski definition) is 8. The number of para-hydroxylation sites is 2. The van der Waals surface area contributed by atoms with Crippen LogP contribution in [0.1, 0.15) is 99.8 Å². The molecule has 0 saturated heterocycles. The fourth-order valence-electron chi connectivity index (χ4n) is 9.14. The molecular weight excluding hydrogens is 845 g/mol. The largest absolute Gasteiger partial charge is 0.257 e. The van der Waals surface area contributed by atoms with Gasteiger partial charge in [-0.3, -0.25) is 10.0 Å². The predicted octanol–water partition coefficient (Wildman–Crippen LogP) is 15.5. The van der Waals surface area contributed by atoms with Crippen LogP contribution < -0.4 is 10.0 Å². The normalized spacial score (nSPS) is 16.6.